The molecule has 7 heteroatoms. The predicted octanol–water partition coefficient (Wildman–Crippen LogP) is 0.626. The van der Waals surface area contributed by atoms with Gasteiger partial charge in [0.1, 0.15) is 0 Å². The fourth-order valence-corrected chi connectivity index (χ4v) is 1.90. The normalized spacial score (nSPS) is 11.6. The smallest absolute Gasteiger partial charge is 0.239 e. The van der Waals surface area contributed by atoms with Crippen molar-refractivity contribution in [2.24, 2.45) is 0 Å². The van der Waals surface area contributed by atoms with Crippen LogP contribution in [0, 0.1) is 0 Å². The monoisotopic (exact) mass is 299 g/mol. The van der Waals surface area contributed by atoms with Gasteiger partial charge in [-0.15, -0.1) is 0 Å². The van der Waals surface area contributed by atoms with E-state index in [0.29, 0.717) is 5.69 Å². The van der Waals surface area contributed by atoms with Crippen molar-refractivity contribution in [1.29, 1.82) is 0 Å². The van der Waals surface area contributed by atoms with Gasteiger partial charge in [0.15, 0.2) is 0 Å². The Morgan fingerprint density at radius 2 is 2.05 bits per heavy atom. The van der Waals surface area contributed by atoms with E-state index in [-0.39, 0.29) is 12.5 Å². The van der Waals surface area contributed by atoms with Gasteiger partial charge in [-0.2, -0.15) is 4.31 Å². The maximum atomic E-state index is 11.8. The van der Waals surface area contributed by atoms with Gasteiger partial charge in [0, 0.05) is 19.3 Å². The van der Waals surface area contributed by atoms with Gasteiger partial charge in [-0.3, -0.25) is 4.79 Å². The minimum absolute atomic E-state index is 0.198. The molecule has 0 saturated heterocycles. The molecule has 112 valence electrons. The number of nitrogens with one attached hydrogen (secondary N) is 2. The highest BCUT2D eigenvalue weighted by Crippen LogP contribution is 2.10. The van der Waals surface area contributed by atoms with Crippen LogP contribution in [-0.4, -0.2) is 45.0 Å². The molecule has 0 aliphatic heterocycles. The fraction of sp³-hybridized carbons (Fsp3) is 0.462. The number of likely N-dealkylation sites (N-methyl/N-ethyl adjacent to an activating group) is 1. The second-order valence-electron chi connectivity index (χ2n) is 4.55. The molecule has 1 aromatic rings. The standard InChI is InChI=1S/C13H21N3O3S/c1-4-14-9-11-6-5-7-12(8-11)15-13(17)10-16(2)20(3,18)19/h5-8,14H,4,9-10H2,1-3H3,(H,15,17). The molecule has 1 amide bonds. The molecule has 6 nitrogen and oxygen atoms in total. The molecule has 2 N–H and O–H groups in total. The summed E-state index contributed by atoms with van der Waals surface area (Å²) in [5.74, 6) is -0.362. The maximum Gasteiger partial charge on any atom is 0.239 e. The van der Waals surface area contributed by atoms with Crippen LogP contribution in [0.25, 0.3) is 0 Å². The van der Waals surface area contributed by atoms with E-state index in [1.165, 1.54) is 7.05 Å². The Kier molecular flexibility index (Phi) is 6.12. The molecule has 0 spiro atoms. The summed E-state index contributed by atoms with van der Waals surface area (Å²) in [6.07, 6.45) is 1.07. The van der Waals surface area contributed by atoms with Crippen LogP contribution in [-0.2, 0) is 21.4 Å². The number of nitrogens with zero attached hydrogens (tertiary/aromatic N) is 1. The highest BCUT2D eigenvalue weighted by Gasteiger charge is 2.15. The molecular formula is C13H21N3O3S. The van der Waals surface area contributed by atoms with Gasteiger partial charge in [0.25, 0.3) is 0 Å². The van der Waals surface area contributed by atoms with Gasteiger partial charge < -0.3 is 10.6 Å². The second kappa shape index (κ2) is 7.37. The zero-order valence-corrected chi connectivity index (χ0v) is 12.8. The van der Waals surface area contributed by atoms with Gasteiger partial charge >= 0.3 is 0 Å². The summed E-state index contributed by atoms with van der Waals surface area (Å²) in [6, 6.07) is 7.44. The third-order valence-corrected chi connectivity index (χ3v) is 3.98. The number of hydrogen-bond acceptors (Lipinski definition) is 4. The summed E-state index contributed by atoms with van der Waals surface area (Å²) in [7, 11) is -1.98. The van der Waals surface area contributed by atoms with Crippen molar-refractivity contribution in [2.45, 2.75) is 13.5 Å². The van der Waals surface area contributed by atoms with Crippen molar-refractivity contribution in [3.05, 3.63) is 29.8 Å². The molecule has 0 atom stereocenters. The molecular weight excluding hydrogens is 278 g/mol. The van der Waals surface area contributed by atoms with Gasteiger partial charge in [-0.1, -0.05) is 19.1 Å². The number of amides is 1. The quantitative estimate of drug-likeness (QED) is 0.774. The highest BCUT2D eigenvalue weighted by molar-refractivity contribution is 7.88. The van der Waals surface area contributed by atoms with Crippen LogP contribution in [0.2, 0.25) is 0 Å². The average Bonchev–Trinajstić information content (AvgIpc) is 2.35. The van der Waals surface area contributed by atoms with E-state index < -0.39 is 10.0 Å². The van der Waals surface area contributed by atoms with Crippen LogP contribution >= 0.6 is 0 Å². The Balaban J connectivity index is 2.62. The molecule has 0 aliphatic rings. The molecule has 1 rings (SSSR count). The fourth-order valence-electron chi connectivity index (χ4n) is 1.55. The molecule has 0 fully saturated rings. The number of rotatable bonds is 7. The Bertz CT molecular complexity index is 558. The Morgan fingerprint density at radius 1 is 1.35 bits per heavy atom. The number of benzene rings is 1. The zero-order chi connectivity index (χ0) is 15.2. The molecule has 1 aromatic carbocycles. The zero-order valence-electron chi connectivity index (χ0n) is 12.0. The minimum atomic E-state index is -3.35. The molecule has 0 aliphatic carbocycles. The SMILES string of the molecule is CCNCc1cccc(NC(=O)CN(C)S(C)(=O)=O)c1. The summed E-state index contributed by atoms with van der Waals surface area (Å²) in [5, 5.41) is 5.89. The van der Waals surface area contributed by atoms with Crippen molar-refractivity contribution >= 4 is 21.6 Å². The Hall–Kier alpha value is -1.44. The van der Waals surface area contributed by atoms with Crippen molar-refractivity contribution in [3.63, 3.8) is 0 Å². The third-order valence-electron chi connectivity index (χ3n) is 2.72. The van der Waals surface area contributed by atoms with Crippen LogP contribution in [0.3, 0.4) is 0 Å². The summed E-state index contributed by atoms with van der Waals surface area (Å²) >= 11 is 0. The van der Waals surface area contributed by atoms with Crippen LogP contribution < -0.4 is 10.6 Å². The first kappa shape index (κ1) is 16.6. The summed E-state index contributed by atoms with van der Waals surface area (Å²) in [6.45, 7) is 3.42. The first-order valence-corrected chi connectivity index (χ1v) is 8.18. The van der Waals surface area contributed by atoms with Crippen molar-refractivity contribution in [2.75, 3.05) is 31.7 Å². The first-order valence-electron chi connectivity index (χ1n) is 6.33. The maximum absolute atomic E-state index is 11.8. The van der Waals surface area contributed by atoms with Gasteiger partial charge in [0.05, 0.1) is 12.8 Å². The van der Waals surface area contributed by atoms with Crippen molar-refractivity contribution in [1.82, 2.24) is 9.62 Å². The van der Waals surface area contributed by atoms with Crippen LogP contribution in [0.5, 0.6) is 0 Å². The van der Waals surface area contributed by atoms with E-state index in [1.54, 1.807) is 6.07 Å². The first-order chi connectivity index (χ1) is 9.32. The van der Waals surface area contributed by atoms with Gasteiger partial charge in [-0.25, -0.2) is 8.42 Å². The number of carbonyl (C=O) groups excluding carboxylic acids is 1. The molecule has 0 aromatic heterocycles. The molecule has 0 heterocycles. The largest absolute Gasteiger partial charge is 0.325 e. The van der Waals surface area contributed by atoms with Crippen LogP contribution in [0.1, 0.15) is 12.5 Å². The lowest BCUT2D eigenvalue weighted by Crippen LogP contribution is -2.34. The van der Waals surface area contributed by atoms with E-state index in [0.717, 1.165) is 29.2 Å². The minimum Gasteiger partial charge on any atom is -0.325 e. The van der Waals surface area contributed by atoms with E-state index >= 15 is 0 Å². The third kappa shape index (κ3) is 5.68. The second-order valence-corrected chi connectivity index (χ2v) is 6.64. The topological polar surface area (TPSA) is 78.5 Å². The van der Waals surface area contributed by atoms with Gasteiger partial charge in [0.2, 0.25) is 15.9 Å². The van der Waals surface area contributed by atoms with E-state index in [9.17, 15) is 13.2 Å². The molecule has 0 radical (unpaired) electrons. The molecule has 0 unspecified atom stereocenters. The summed E-state index contributed by atoms with van der Waals surface area (Å²) in [4.78, 5) is 11.8. The lowest BCUT2D eigenvalue weighted by molar-refractivity contribution is -0.116. The van der Waals surface area contributed by atoms with E-state index in [2.05, 4.69) is 10.6 Å². The molecule has 0 bridgehead atoms. The summed E-state index contributed by atoms with van der Waals surface area (Å²) in [5.41, 5.74) is 1.72. The lowest BCUT2D eigenvalue weighted by atomic mass is 10.2. The van der Waals surface area contributed by atoms with E-state index in [1.807, 2.05) is 25.1 Å². The predicted molar refractivity (Wildman–Crippen MR) is 79.9 cm³/mol. The molecule has 20 heavy (non-hydrogen) atoms. The number of sulfonamides is 1. The average molecular weight is 299 g/mol. The lowest BCUT2D eigenvalue weighted by Gasteiger charge is -2.14. The highest BCUT2D eigenvalue weighted by atomic mass is 32.2. The van der Waals surface area contributed by atoms with Crippen molar-refractivity contribution in [3.8, 4) is 0 Å². The number of hydrogen-bond donors (Lipinski definition) is 2. The Morgan fingerprint density at radius 3 is 2.65 bits per heavy atom. The number of carbonyl (C=O) groups is 1. The van der Waals surface area contributed by atoms with Crippen molar-refractivity contribution < 1.29 is 13.2 Å². The number of anilines is 1. The summed E-state index contributed by atoms with van der Waals surface area (Å²) < 4.78 is 23.5. The molecule has 0 saturated carbocycles. The van der Waals surface area contributed by atoms with E-state index in [4.69, 9.17) is 0 Å². The Labute approximate surface area is 120 Å². The van der Waals surface area contributed by atoms with Gasteiger partial charge in [-0.05, 0) is 24.2 Å². The van der Waals surface area contributed by atoms with Crippen LogP contribution in [0.4, 0.5) is 5.69 Å². The van der Waals surface area contributed by atoms with Crippen LogP contribution in [0.15, 0.2) is 24.3 Å².